The number of amides is 1. The molecule has 3 heterocycles. The number of furan rings is 1. The predicted molar refractivity (Wildman–Crippen MR) is 138 cm³/mol. The fourth-order valence-electron chi connectivity index (χ4n) is 3.26. The van der Waals surface area contributed by atoms with E-state index < -0.39 is 0 Å². The van der Waals surface area contributed by atoms with Crippen LogP contribution in [0.4, 0.5) is 10.8 Å². The van der Waals surface area contributed by atoms with Crippen molar-refractivity contribution in [1.29, 1.82) is 0 Å². The van der Waals surface area contributed by atoms with Crippen LogP contribution in [0.15, 0.2) is 80.4 Å². The lowest BCUT2D eigenvalue weighted by molar-refractivity contribution is -0.113. The van der Waals surface area contributed by atoms with Gasteiger partial charge in [-0.1, -0.05) is 47.5 Å². The van der Waals surface area contributed by atoms with Crippen LogP contribution < -0.4 is 4.90 Å². The van der Waals surface area contributed by atoms with Crippen LogP contribution in [0, 0.1) is 6.92 Å². The molecule has 1 aliphatic heterocycles. The highest BCUT2D eigenvalue weighted by atomic mass is 35.5. The molecule has 4 aromatic rings. The molecule has 0 spiro atoms. The summed E-state index contributed by atoms with van der Waals surface area (Å²) in [5, 5.41) is 4.04. The van der Waals surface area contributed by atoms with E-state index >= 15 is 0 Å². The zero-order valence-corrected chi connectivity index (χ0v) is 20.3. The summed E-state index contributed by atoms with van der Waals surface area (Å²) in [6.45, 7) is 1.91. The Morgan fingerprint density at radius 2 is 1.79 bits per heavy atom. The number of thiazole rings is 1. The van der Waals surface area contributed by atoms with E-state index in [9.17, 15) is 4.79 Å². The molecule has 1 saturated heterocycles. The molecule has 2 aromatic heterocycles. The number of hydrogen-bond donors (Lipinski definition) is 0. The normalized spacial score (nSPS) is 16.3. The van der Waals surface area contributed by atoms with Crippen molar-refractivity contribution in [3.8, 4) is 11.3 Å². The van der Waals surface area contributed by atoms with Gasteiger partial charge in [0.15, 0.2) is 5.17 Å². The van der Waals surface area contributed by atoms with E-state index in [1.807, 2.05) is 42.6 Å². The van der Waals surface area contributed by atoms with Gasteiger partial charge in [-0.3, -0.25) is 9.69 Å². The molecule has 1 aliphatic rings. The van der Waals surface area contributed by atoms with Gasteiger partial charge in [-0.25, -0.2) is 4.98 Å². The number of thioether (sulfide) groups is 1. The second-order valence-electron chi connectivity index (χ2n) is 7.05. The van der Waals surface area contributed by atoms with Crippen molar-refractivity contribution in [3.05, 3.63) is 92.4 Å². The molecule has 0 bridgehead atoms. The van der Waals surface area contributed by atoms with Gasteiger partial charge in [0.2, 0.25) is 5.13 Å². The molecular formula is C24H15Cl2N3O2S2. The first-order valence-electron chi connectivity index (χ1n) is 9.84. The summed E-state index contributed by atoms with van der Waals surface area (Å²) >= 11 is 15.3. The maximum absolute atomic E-state index is 13.4. The number of rotatable bonds is 4. The van der Waals surface area contributed by atoms with Gasteiger partial charge in [0.05, 0.1) is 31.9 Å². The van der Waals surface area contributed by atoms with E-state index in [1.165, 1.54) is 23.1 Å². The third-order valence-corrected chi connectivity index (χ3v) is 7.18. The van der Waals surface area contributed by atoms with Crippen molar-refractivity contribution in [2.75, 3.05) is 4.90 Å². The van der Waals surface area contributed by atoms with Crippen molar-refractivity contribution in [3.63, 3.8) is 0 Å². The summed E-state index contributed by atoms with van der Waals surface area (Å²) < 4.78 is 5.96. The van der Waals surface area contributed by atoms with Gasteiger partial charge in [0.25, 0.3) is 5.91 Å². The number of aliphatic imine (C=N–C) groups is 1. The van der Waals surface area contributed by atoms with E-state index in [0.717, 1.165) is 11.4 Å². The van der Waals surface area contributed by atoms with E-state index in [4.69, 9.17) is 27.6 Å². The number of aromatic nitrogens is 1. The Balaban J connectivity index is 1.52. The van der Waals surface area contributed by atoms with E-state index in [1.54, 1.807) is 41.3 Å². The molecule has 5 nitrogen and oxygen atoms in total. The van der Waals surface area contributed by atoms with Gasteiger partial charge in [-0.05, 0) is 55.1 Å². The average Bonchev–Trinajstić information content (AvgIpc) is 3.49. The number of carbonyl (C=O) groups is 1. The number of amidine groups is 1. The molecule has 0 atom stereocenters. The monoisotopic (exact) mass is 511 g/mol. The van der Waals surface area contributed by atoms with Gasteiger partial charge in [0, 0.05) is 11.5 Å². The number of nitrogens with zero attached hydrogens (tertiary/aromatic N) is 3. The van der Waals surface area contributed by atoms with Gasteiger partial charge in [-0.15, -0.1) is 11.3 Å². The Kier molecular flexibility index (Phi) is 6.12. The minimum Gasteiger partial charge on any atom is -0.457 e. The SMILES string of the molecule is Cc1csc(/N=C2/S/C(=C/c3ccc(-c4c(Cl)cccc4Cl)o3)C(=O)N2c2ccccc2)n1. The second kappa shape index (κ2) is 9.19. The van der Waals surface area contributed by atoms with Crippen LogP contribution in [0.3, 0.4) is 0 Å². The third kappa shape index (κ3) is 4.50. The van der Waals surface area contributed by atoms with E-state index in [2.05, 4.69) is 9.98 Å². The van der Waals surface area contributed by atoms with Gasteiger partial charge in [0.1, 0.15) is 11.5 Å². The molecule has 5 rings (SSSR count). The fraction of sp³-hybridized carbons (Fsp3) is 0.0417. The molecule has 1 fully saturated rings. The maximum Gasteiger partial charge on any atom is 0.271 e. The first-order valence-corrected chi connectivity index (χ1v) is 12.3. The number of hydrogen-bond acceptors (Lipinski definition) is 6. The van der Waals surface area contributed by atoms with Crippen LogP contribution in [-0.4, -0.2) is 16.1 Å². The van der Waals surface area contributed by atoms with Crippen molar-refractivity contribution in [2.24, 2.45) is 4.99 Å². The summed E-state index contributed by atoms with van der Waals surface area (Å²) in [6, 6.07) is 18.2. The number of para-hydroxylation sites is 1. The quantitative estimate of drug-likeness (QED) is 0.262. The molecule has 9 heteroatoms. The average molecular weight is 512 g/mol. The molecule has 0 unspecified atom stereocenters. The predicted octanol–water partition coefficient (Wildman–Crippen LogP) is 7.83. The Morgan fingerprint density at radius 3 is 2.48 bits per heavy atom. The second-order valence-corrected chi connectivity index (χ2v) is 9.71. The minimum absolute atomic E-state index is 0.188. The van der Waals surface area contributed by atoms with Crippen molar-refractivity contribution < 1.29 is 9.21 Å². The maximum atomic E-state index is 13.4. The van der Waals surface area contributed by atoms with Crippen molar-refractivity contribution in [1.82, 2.24) is 4.98 Å². The van der Waals surface area contributed by atoms with Gasteiger partial charge in [-0.2, -0.15) is 4.99 Å². The van der Waals surface area contributed by atoms with Crippen molar-refractivity contribution >= 4 is 74.3 Å². The van der Waals surface area contributed by atoms with Crippen LogP contribution in [-0.2, 0) is 4.79 Å². The first kappa shape index (κ1) is 22.0. The molecule has 0 N–H and O–H groups in total. The smallest absolute Gasteiger partial charge is 0.271 e. The number of aryl methyl sites for hydroxylation is 1. The zero-order chi connectivity index (χ0) is 22.9. The third-order valence-electron chi connectivity index (χ3n) is 4.73. The summed E-state index contributed by atoms with van der Waals surface area (Å²) in [7, 11) is 0. The molecule has 33 heavy (non-hydrogen) atoms. The topological polar surface area (TPSA) is 58.7 Å². The number of benzene rings is 2. The minimum atomic E-state index is -0.188. The Morgan fingerprint density at radius 1 is 1.03 bits per heavy atom. The summed E-state index contributed by atoms with van der Waals surface area (Å²) in [5.41, 5.74) is 2.23. The number of anilines is 1. The Bertz CT molecular complexity index is 1390. The Labute approximate surface area is 208 Å². The fourth-order valence-corrected chi connectivity index (χ4v) is 5.52. The number of halogens is 2. The van der Waals surface area contributed by atoms with E-state index in [0.29, 0.717) is 42.3 Å². The molecule has 2 aromatic carbocycles. The lowest BCUT2D eigenvalue weighted by Crippen LogP contribution is -2.28. The highest BCUT2D eigenvalue weighted by Gasteiger charge is 2.35. The number of carbonyl (C=O) groups excluding carboxylic acids is 1. The molecule has 0 aliphatic carbocycles. The molecule has 164 valence electrons. The largest absolute Gasteiger partial charge is 0.457 e. The standard InChI is InChI=1S/C24H15Cl2N3O2S2/c1-14-13-32-23(27-14)28-24-29(15-6-3-2-4-7-15)22(30)20(33-24)12-16-10-11-19(31-16)21-17(25)8-5-9-18(21)26/h2-13H,1H3/b20-12+,28-24+. The Hall–Kier alpha value is -2.84. The highest BCUT2D eigenvalue weighted by molar-refractivity contribution is 8.19. The van der Waals surface area contributed by atoms with Crippen LogP contribution in [0.1, 0.15) is 11.5 Å². The first-order chi connectivity index (χ1) is 16.0. The van der Waals surface area contributed by atoms with Crippen LogP contribution in [0.5, 0.6) is 0 Å². The van der Waals surface area contributed by atoms with Crippen LogP contribution in [0.25, 0.3) is 17.4 Å². The zero-order valence-electron chi connectivity index (χ0n) is 17.2. The van der Waals surface area contributed by atoms with Crippen LogP contribution in [0.2, 0.25) is 10.0 Å². The van der Waals surface area contributed by atoms with Crippen LogP contribution >= 0.6 is 46.3 Å². The molecular weight excluding hydrogens is 497 g/mol. The van der Waals surface area contributed by atoms with E-state index in [-0.39, 0.29) is 5.91 Å². The summed E-state index contributed by atoms with van der Waals surface area (Å²) in [6.07, 6.45) is 1.70. The lowest BCUT2D eigenvalue weighted by atomic mass is 10.2. The summed E-state index contributed by atoms with van der Waals surface area (Å²) in [4.78, 5) is 24.5. The molecule has 0 saturated carbocycles. The van der Waals surface area contributed by atoms with Gasteiger partial charge >= 0.3 is 0 Å². The molecule has 1 amide bonds. The molecule has 0 radical (unpaired) electrons. The van der Waals surface area contributed by atoms with Gasteiger partial charge < -0.3 is 4.42 Å². The highest BCUT2D eigenvalue weighted by Crippen LogP contribution is 2.39. The van der Waals surface area contributed by atoms with Crippen molar-refractivity contribution in [2.45, 2.75) is 6.92 Å². The summed E-state index contributed by atoms with van der Waals surface area (Å²) in [5.74, 6) is 0.850. The lowest BCUT2D eigenvalue weighted by Gasteiger charge is -2.14.